The molecule has 8 heteroatoms. The first-order valence-corrected chi connectivity index (χ1v) is 11.3. The lowest BCUT2D eigenvalue weighted by atomic mass is 10.0. The third-order valence-corrected chi connectivity index (χ3v) is 5.77. The molecule has 0 spiro atoms. The van der Waals surface area contributed by atoms with Gasteiger partial charge in [0.05, 0.1) is 10.9 Å². The lowest BCUT2D eigenvalue weighted by Crippen LogP contribution is -2.44. The summed E-state index contributed by atoms with van der Waals surface area (Å²) in [4.78, 5) is 23.2. The minimum absolute atomic E-state index is 0.0337. The molecule has 28 heavy (non-hydrogen) atoms. The largest absolute Gasteiger partial charge is 0.355 e. The Bertz CT molecular complexity index is 730. The van der Waals surface area contributed by atoms with Crippen LogP contribution in [0.15, 0.2) is 29.2 Å². The third kappa shape index (κ3) is 9.32. The molecule has 1 aromatic rings. The van der Waals surface area contributed by atoms with Crippen LogP contribution in [0.3, 0.4) is 0 Å². The molecule has 1 rings (SSSR count). The topological polar surface area (TPSA) is 104 Å². The summed E-state index contributed by atoms with van der Waals surface area (Å²) >= 11 is 0. The Kier molecular flexibility index (Phi) is 10.2. The Morgan fingerprint density at radius 3 is 2.14 bits per heavy atom. The Morgan fingerprint density at radius 1 is 0.964 bits per heavy atom. The van der Waals surface area contributed by atoms with Gasteiger partial charge in [-0.3, -0.25) is 9.59 Å². The number of hydrogen-bond acceptors (Lipinski definition) is 4. The molecule has 0 aromatic heterocycles. The van der Waals surface area contributed by atoms with E-state index < -0.39 is 16.1 Å². The van der Waals surface area contributed by atoms with Crippen molar-refractivity contribution in [3.05, 3.63) is 24.3 Å². The molecule has 2 amide bonds. The highest BCUT2D eigenvalue weighted by Crippen LogP contribution is 2.14. The molecule has 7 nitrogen and oxygen atoms in total. The van der Waals surface area contributed by atoms with Crippen molar-refractivity contribution in [2.24, 2.45) is 5.92 Å². The summed E-state index contributed by atoms with van der Waals surface area (Å²) in [6, 6.07) is 4.89. The molecule has 0 heterocycles. The lowest BCUT2D eigenvalue weighted by Gasteiger charge is -2.15. The number of unbranched alkanes of at least 4 members (excludes halogenated alkanes) is 3. The summed E-state index contributed by atoms with van der Waals surface area (Å²) in [5.41, 5.74) is 0.505. The standard InChI is InChI=1S/C20H33N3O4S/c1-15(2)9-7-5-6-8-14-21-20(25)16(3)23-28(26,27)19-12-10-18(11-13-19)22-17(4)24/h10-13,15-16,23H,5-9,14H2,1-4H3,(H,21,25)(H,22,24)/t16-/m0/s1. The van der Waals surface area contributed by atoms with Gasteiger partial charge in [-0.1, -0.05) is 39.5 Å². The third-order valence-electron chi connectivity index (χ3n) is 4.22. The molecule has 0 aliphatic heterocycles. The predicted octanol–water partition coefficient (Wildman–Crippen LogP) is 3.03. The van der Waals surface area contributed by atoms with Gasteiger partial charge in [-0.2, -0.15) is 4.72 Å². The molecule has 0 aliphatic carbocycles. The van der Waals surface area contributed by atoms with Gasteiger partial charge in [-0.25, -0.2) is 8.42 Å². The van der Waals surface area contributed by atoms with E-state index in [-0.39, 0.29) is 16.7 Å². The molecule has 158 valence electrons. The number of amides is 2. The average Bonchev–Trinajstić information content (AvgIpc) is 2.60. The van der Waals surface area contributed by atoms with Crippen LogP contribution in [0.25, 0.3) is 0 Å². The average molecular weight is 412 g/mol. The zero-order chi connectivity index (χ0) is 21.2. The van der Waals surface area contributed by atoms with E-state index in [1.54, 1.807) is 0 Å². The van der Waals surface area contributed by atoms with Crippen molar-refractivity contribution in [2.75, 3.05) is 11.9 Å². The fourth-order valence-electron chi connectivity index (χ4n) is 2.67. The molecule has 0 bridgehead atoms. The normalized spacial score (nSPS) is 12.6. The van der Waals surface area contributed by atoms with E-state index in [9.17, 15) is 18.0 Å². The summed E-state index contributed by atoms with van der Waals surface area (Å²) in [7, 11) is -3.82. The van der Waals surface area contributed by atoms with E-state index in [1.807, 2.05) is 0 Å². The van der Waals surface area contributed by atoms with Crippen LogP contribution in [-0.4, -0.2) is 32.8 Å². The van der Waals surface area contributed by atoms with Gasteiger partial charge in [0, 0.05) is 19.2 Å². The van der Waals surface area contributed by atoms with Gasteiger partial charge in [-0.15, -0.1) is 0 Å². The van der Waals surface area contributed by atoms with Crippen LogP contribution < -0.4 is 15.4 Å². The molecule has 1 atom stereocenters. The molecular formula is C20H33N3O4S. The van der Waals surface area contributed by atoms with E-state index >= 15 is 0 Å². The van der Waals surface area contributed by atoms with E-state index in [1.165, 1.54) is 51.0 Å². The van der Waals surface area contributed by atoms with Crippen molar-refractivity contribution in [1.82, 2.24) is 10.0 Å². The van der Waals surface area contributed by atoms with Gasteiger partial charge < -0.3 is 10.6 Å². The highest BCUT2D eigenvalue weighted by molar-refractivity contribution is 7.89. The monoisotopic (exact) mass is 411 g/mol. The van der Waals surface area contributed by atoms with Gasteiger partial charge in [0.1, 0.15) is 0 Å². The van der Waals surface area contributed by atoms with Crippen molar-refractivity contribution >= 4 is 27.5 Å². The van der Waals surface area contributed by atoms with Crippen LogP contribution in [0, 0.1) is 5.92 Å². The van der Waals surface area contributed by atoms with E-state index in [4.69, 9.17) is 0 Å². The van der Waals surface area contributed by atoms with E-state index in [2.05, 4.69) is 29.2 Å². The summed E-state index contributed by atoms with van der Waals surface area (Å²) in [5, 5.41) is 5.34. The number of rotatable bonds is 12. The molecule has 0 unspecified atom stereocenters. The minimum Gasteiger partial charge on any atom is -0.355 e. The maximum atomic E-state index is 12.4. The van der Waals surface area contributed by atoms with Crippen LogP contribution in [-0.2, 0) is 19.6 Å². The number of sulfonamides is 1. The van der Waals surface area contributed by atoms with Gasteiger partial charge in [-0.05, 0) is 43.5 Å². The second-order valence-electron chi connectivity index (χ2n) is 7.44. The molecule has 3 N–H and O–H groups in total. The highest BCUT2D eigenvalue weighted by atomic mass is 32.2. The van der Waals surface area contributed by atoms with Crippen LogP contribution in [0.2, 0.25) is 0 Å². The second-order valence-corrected chi connectivity index (χ2v) is 9.15. The quantitative estimate of drug-likeness (QED) is 0.460. The summed E-state index contributed by atoms with van der Waals surface area (Å²) < 4.78 is 27.2. The smallest absolute Gasteiger partial charge is 0.241 e. The van der Waals surface area contributed by atoms with E-state index in [0.717, 1.165) is 25.2 Å². The van der Waals surface area contributed by atoms with Crippen molar-refractivity contribution in [2.45, 2.75) is 70.7 Å². The number of carbonyl (C=O) groups excluding carboxylic acids is 2. The fraction of sp³-hybridized carbons (Fsp3) is 0.600. The zero-order valence-electron chi connectivity index (χ0n) is 17.2. The van der Waals surface area contributed by atoms with Gasteiger partial charge >= 0.3 is 0 Å². The minimum atomic E-state index is -3.82. The van der Waals surface area contributed by atoms with Crippen LogP contribution in [0.5, 0.6) is 0 Å². The molecule has 1 aromatic carbocycles. The highest BCUT2D eigenvalue weighted by Gasteiger charge is 2.21. The first-order chi connectivity index (χ1) is 13.1. The number of hydrogen-bond donors (Lipinski definition) is 3. The summed E-state index contributed by atoms with van der Waals surface area (Å²) in [5.74, 6) is 0.134. The predicted molar refractivity (Wildman–Crippen MR) is 111 cm³/mol. The number of anilines is 1. The van der Waals surface area contributed by atoms with Gasteiger partial charge in [0.15, 0.2) is 0 Å². The van der Waals surface area contributed by atoms with Crippen molar-refractivity contribution in [3.8, 4) is 0 Å². The molecular weight excluding hydrogens is 378 g/mol. The maximum Gasteiger partial charge on any atom is 0.241 e. The van der Waals surface area contributed by atoms with Gasteiger partial charge in [0.2, 0.25) is 21.8 Å². The number of carbonyl (C=O) groups is 2. The zero-order valence-corrected chi connectivity index (χ0v) is 18.1. The Balaban J connectivity index is 2.42. The Hall–Kier alpha value is -1.93. The molecule has 0 saturated heterocycles. The van der Waals surface area contributed by atoms with Crippen molar-refractivity contribution in [1.29, 1.82) is 0 Å². The number of benzene rings is 1. The van der Waals surface area contributed by atoms with Gasteiger partial charge in [0.25, 0.3) is 0 Å². The van der Waals surface area contributed by atoms with Crippen LogP contribution in [0.4, 0.5) is 5.69 Å². The molecule has 0 saturated carbocycles. The second kappa shape index (κ2) is 11.8. The Morgan fingerprint density at radius 2 is 1.57 bits per heavy atom. The van der Waals surface area contributed by atoms with Crippen LogP contribution >= 0.6 is 0 Å². The molecule has 0 radical (unpaired) electrons. The SMILES string of the molecule is CC(=O)Nc1ccc(S(=O)(=O)N[C@@H](C)C(=O)NCCCCCCC(C)C)cc1. The summed E-state index contributed by atoms with van der Waals surface area (Å²) in [6.45, 7) is 7.84. The molecule has 0 aliphatic rings. The van der Waals surface area contributed by atoms with E-state index in [0.29, 0.717) is 12.2 Å². The fourth-order valence-corrected chi connectivity index (χ4v) is 3.87. The molecule has 0 fully saturated rings. The lowest BCUT2D eigenvalue weighted by molar-refractivity contribution is -0.122. The first kappa shape index (κ1) is 24.1. The van der Waals surface area contributed by atoms with Crippen LogP contribution in [0.1, 0.15) is 59.8 Å². The van der Waals surface area contributed by atoms with Crippen molar-refractivity contribution < 1.29 is 18.0 Å². The first-order valence-electron chi connectivity index (χ1n) is 9.79. The maximum absolute atomic E-state index is 12.4. The van der Waals surface area contributed by atoms with Crippen molar-refractivity contribution in [3.63, 3.8) is 0 Å². The Labute approximate surface area is 168 Å². The number of nitrogens with one attached hydrogen (secondary N) is 3. The summed E-state index contributed by atoms with van der Waals surface area (Å²) in [6.07, 6.45) is 5.49.